The summed E-state index contributed by atoms with van der Waals surface area (Å²) in [4.78, 5) is 0. The lowest BCUT2D eigenvalue weighted by Gasteiger charge is -2.12. The second kappa shape index (κ2) is 7.71. The average molecular weight is 282 g/mol. The maximum Gasteiger partial charge on any atom is 0.159 e. The summed E-state index contributed by atoms with van der Waals surface area (Å²) in [5, 5.41) is 9.96. The predicted molar refractivity (Wildman–Crippen MR) is 73.2 cm³/mol. The molecule has 0 unspecified atom stereocenters. The molecule has 0 aliphatic carbocycles. The van der Waals surface area contributed by atoms with E-state index >= 15 is 0 Å². The molecule has 2 rings (SSSR count). The summed E-state index contributed by atoms with van der Waals surface area (Å²) in [6.07, 6.45) is -0.484. The van der Waals surface area contributed by atoms with Crippen molar-refractivity contribution in [1.82, 2.24) is 0 Å². The molecule has 5 nitrogen and oxygen atoms in total. The van der Waals surface area contributed by atoms with Gasteiger partial charge in [0.05, 0.1) is 19.3 Å². The van der Waals surface area contributed by atoms with Crippen LogP contribution < -0.4 is 0 Å². The molecule has 1 N–H and O–H groups in total. The lowest BCUT2D eigenvalue weighted by molar-refractivity contribution is -0.109. The first-order chi connectivity index (χ1) is 9.74. The van der Waals surface area contributed by atoms with Crippen molar-refractivity contribution in [3.8, 4) is 0 Å². The van der Waals surface area contributed by atoms with E-state index in [1.54, 1.807) is 14.2 Å². The highest BCUT2D eigenvalue weighted by Gasteiger charge is 2.45. The first kappa shape index (κ1) is 15.4. The van der Waals surface area contributed by atoms with Crippen LogP contribution in [-0.4, -0.2) is 50.5 Å². The van der Waals surface area contributed by atoms with Gasteiger partial charge >= 0.3 is 0 Å². The maximum atomic E-state index is 9.96. The molecule has 3 atom stereocenters. The van der Waals surface area contributed by atoms with Crippen LogP contribution in [0, 0.1) is 0 Å². The third kappa shape index (κ3) is 4.54. The number of ether oxygens (including phenoxy) is 4. The van der Waals surface area contributed by atoms with Gasteiger partial charge in [0.25, 0.3) is 0 Å². The molecule has 1 aromatic rings. The minimum atomic E-state index is -0.613. The van der Waals surface area contributed by atoms with E-state index in [1.807, 2.05) is 30.3 Å². The predicted octanol–water partition coefficient (Wildman–Crippen LogP) is 1.34. The topological polar surface area (TPSA) is 60.5 Å². The normalized spacial score (nSPS) is 23.0. The Bertz CT molecular complexity index is 379. The van der Waals surface area contributed by atoms with Crippen molar-refractivity contribution in [2.75, 3.05) is 20.8 Å². The van der Waals surface area contributed by atoms with E-state index in [4.69, 9.17) is 18.9 Å². The van der Waals surface area contributed by atoms with Gasteiger partial charge in [-0.1, -0.05) is 30.3 Å². The zero-order chi connectivity index (χ0) is 14.4. The molecule has 1 aliphatic rings. The number of benzene rings is 1. The molecule has 0 saturated carbocycles. The minimum Gasteiger partial charge on any atom is -0.388 e. The van der Waals surface area contributed by atoms with E-state index in [0.29, 0.717) is 13.0 Å². The minimum absolute atomic E-state index is 0.0183. The Kier molecular flexibility index (Phi) is 5.94. The van der Waals surface area contributed by atoms with Gasteiger partial charge in [-0.15, -0.1) is 0 Å². The molecule has 0 radical (unpaired) electrons. The summed E-state index contributed by atoms with van der Waals surface area (Å²) in [7, 11) is 3.18. The summed E-state index contributed by atoms with van der Waals surface area (Å²) < 4.78 is 21.1. The second-order valence-corrected chi connectivity index (χ2v) is 4.84. The summed E-state index contributed by atoms with van der Waals surface area (Å²) in [5.41, 5.74) is 1.09. The van der Waals surface area contributed by atoms with Crippen LogP contribution in [0.15, 0.2) is 30.3 Å². The molecule has 5 heteroatoms. The van der Waals surface area contributed by atoms with E-state index in [2.05, 4.69) is 0 Å². The van der Waals surface area contributed by atoms with Crippen LogP contribution in [-0.2, 0) is 25.6 Å². The second-order valence-electron chi connectivity index (χ2n) is 4.84. The number of hydrogen-bond donors (Lipinski definition) is 1. The van der Waals surface area contributed by atoms with Gasteiger partial charge in [-0.25, -0.2) is 0 Å². The van der Waals surface area contributed by atoms with Gasteiger partial charge in [0, 0.05) is 20.6 Å². The number of hydrogen-bond acceptors (Lipinski definition) is 5. The van der Waals surface area contributed by atoms with Gasteiger partial charge in [0.1, 0.15) is 12.2 Å². The van der Waals surface area contributed by atoms with Gasteiger partial charge in [0.15, 0.2) is 6.29 Å². The molecule has 1 fully saturated rings. The molecule has 0 spiro atoms. The van der Waals surface area contributed by atoms with Crippen LogP contribution in [0.1, 0.15) is 12.0 Å². The molecule has 20 heavy (non-hydrogen) atoms. The fourth-order valence-corrected chi connectivity index (χ4v) is 2.13. The van der Waals surface area contributed by atoms with E-state index in [-0.39, 0.29) is 25.1 Å². The molecule has 0 amide bonds. The largest absolute Gasteiger partial charge is 0.388 e. The van der Waals surface area contributed by atoms with Crippen LogP contribution in [0.2, 0.25) is 0 Å². The van der Waals surface area contributed by atoms with Crippen molar-refractivity contribution in [3.05, 3.63) is 35.9 Å². The third-order valence-electron chi connectivity index (χ3n) is 3.35. The Morgan fingerprint density at radius 1 is 1.20 bits per heavy atom. The highest BCUT2D eigenvalue weighted by Crippen LogP contribution is 2.30. The number of methoxy groups -OCH3 is 2. The van der Waals surface area contributed by atoms with Crippen LogP contribution in [0.25, 0.3) is 0 Å². The van der Waals surface area contributed by atoms with Crippen molar-refractivity contribution in [3.63, 3.8) is 0 Å². The first-order valence-electron chi connectivity index (χ1n) is 6.75. The van der Waals surface area contributed by atoms with Gasteiger partial charge in [-0.05, 0) is 5.56 Å². The molecular weight excluding hydrogens is 260 g/mol. The van der Waals surface area contributed by atoms with E-state index in [9.17, 15) is 5.11 Å². The number of epoxide rings is 1. The van der Waals surface area contributed by atoms with Crippen molar-refractivity contribution in [2.45, 2.75) is 37.6 Å². The number of aliphatic hydroxyl groups is 1. The lowest BCUT2D eigenvalue weighted by atomic mass is 10.1. The smallest absolute Gasteiger partial charge is 0.159 e. The van der Waals surface area contributed by atoms with E-state index < -0.39 is 6.10 Å². The quantitative estimate of drug-likeness (QED) is 0.547. The van der Waals surface area contributed by atoms with Crippen molar-refractivity contribution >= 4 is 0 Å². The Hall–Kier alpha value is -0.980. The SMILES string of the molecule is COC(C[C@@H]1O[C@@H]1[C@H](O)COCc1ccccc1)OC. The Balaban J connectivity index is 1.63. The van der Waals surface area contributed by atoms with Crippen LogP contribution in [0.4, 0.5) is 0 Å². The Morgan fingerprint density at radius 2 is 1.90 bits per heavy atom. The fraction of sp³-hybridized carbons (Fsp3) is 0.600. The summed E-state index contributed by atoms with van der Waals surface area (Å²) in [6.45, 7) is 0.759. The lowest BCUT2D eigenvalue weighted by Crippen LogP contribution is -2.25. The van der Waals surface area contributed by atoms with Gasteiger partial charge in [-0.3, -0.25) is 0 Å². The molecule has 1 aliphatic heterocycles. The highest BCUT2D eigenvalue weighted by molar-refractivity contribution is 5.13. The van der Waals surface area contributed by atoms with Crippen LogP contribution >= 0.6 is 0 Å². The van der Waals surface area contributed by atoms with E-state index in [0.717, 1.165) is 5.56 Å². The number of rotatable bonds is 9. The third-order valence-corrected chi connectivity index (χ3v) is 3.35. The average Bonchev–Trinajstić information content (AvgIpc) is 3.25. The van der Waals surface area contributed by atoms with Gasteiger partial charge < -0.3 is 24.1 Å². The Labute approximate surface area is 119 Å². The first-order valence-corrected chi connectivity index (χ1v) is 6.75. The summed E-state index contributed by atoms with van der Waals surface area (Å²) >= 11 is 0. The van der Waals surface area contributed by atoms with Crippen LogP contribution in [0.3, 0.4) is 0 Å². The van der Waals surface area contributed by atoms with Gasteiger partial charge in [-0.2, -0.15) is 0 Å². The van der Waals surface area contributed by atoms with Crippen molar-refractivity contribution < 1.29 is 24.1 Å². The molecular formula is C15H22O5. The summed E-state index contributed by atoms with van der Waals surface area (Å²) in [5.74, 6) is 0. The molecule has 1 saturated heterocycles. The molecule has 0 bridgehead atoms. The van der Waals surface area contributed by atoms with E-state index in [1.165, 1.54) is 0 Å². The maximum absolute atomic E-state index is 9.96. The molecule has 1 aromatic carbocycles. The molecule has 112 valence electrons. The van der Waals surface area contributed by atoms with Gasteiger partial charge in [0.2, 0.25) is 0 Å². The standard InChI is InChI=1S/C15H22O5/c1-17-14(18-2)8-13-15(20-13)12(16)10-19-9-11-6-4-3-5-7-11/h3-7,12-16H,8-10H2,1-2H3/t12-,13+,15-/m1/s1. The summed E-state index contributed by atoms with van der Waals surface area (Å²) in [6, 6.07) is 9.87. The monoisotopic (exact) mass is 282 g/mol. The van der Waals surface area contributed by atoms with Crippen LogP contribution in [0.5, 0.6) is 0 Å². The van der Waals surface area contributed by atoms with Crippen molar-refractivity contribution in [1.29, 1.82) is 0 Å². The Morgan fingerprint density at radius 3 is 2.55 bits per heavy atom. The number of aliphatic hydroxyl groups excluding tert-OH is 1. The van der Waals surface area contributed by atoms with Crippen molar-refractivity contribution in [2.24, 2.45) is 0 Å². The highest BCUT2D eigenvalue weighted by atomic mass is 16.7. The molecule has 1 heterocycles. The zero-order valence-electron chi connectivity index (χ0n) is 11.9. The fourth-order valence-electron chi connectivity index (χ4n) is 2.13. The molecule has 0 aromatic heterocycles. The zero-order valence-corrected chi connectivity index (χ0v) is 11.9.